The van der Waals surface area contributed by atoms with Crippen LogP contribution in [0.1, 0.15) is 5.56 Å². The molecule has 3 aromatic rings. The third kappa shape index (κ3) is 3.69. The number of carbonyl (C=O) groups is 1. The highest BCUT2D eigenvalue weighted by molar-refractivity contribution is 5.79. The second-order valence-corrected chi connectivity index (χ2v) is 5.40. The first-order valence-corrected chi connectivity index (χ1v) is 7.84. The predicted molar refractivity (Wildman–Crippen MR) is 95.2 cm³/mol. The Kier molecular flexibility index (Phi) is 5.22. The van der Waals surface area contributed by atoms with E-state index in [2.05, 4.69) is 11.1 Å². The van der Waals surface area contributed by atoms with Gasteiger partial charge in [0.15, 0.2) is 6.61 Å². The van der Waals surface area contributed by atoms with Gasteiger partial charge in [-0.2, -0.15) is 5.26 Å². The van der Waals surface area contributed by atoms with Crippen molar-refractivity contribution < 1.29 is 14.7 Å². The molecule has 0 aliphatic rings. The molecule has 2 aromatic carbocycles. The molecule has 3 rings (SSSR count). The fourth-order valence-corrected chi connectivity index (χ4v) is 2.50. The first-order valence-electron chi connectivity index (χ1n) is 7.84. The maximum atomic E-state index is 11.3. The zero-order chi connectivity index (χ0) is 18.4. The summed E-state index contributed by atoms with van der Waals surface area (Å²) in [5.41, 5.74) is 4.67. The van der Waals surface area contributed by atoms with Crippen LogP contribution in [0, 0.1) is 11.3 Å². The summed E-state index contributed by atoms with van der Waals surface area (Å²) in [6.45, 7) is -0.454. The summed E-state index contributed by atoms with van der Waals surface area (Å²) in [7, 11) is 0. The Balaban J connectivity index is 2.15. The lowest BCUT2D eigenvalue weighted by atomic mass is 9.99. The van der Waals surface area contributed by atoms with Gasteiger partial charge in [-0.3, -0.25) is 10.0 Å². The molecule has 0 aliphatic heterocycles. The van der Waals surface area contributed by atoms with Crippen molar-refractivity contribution in [2.75, 3.05) is 6.61 Å². The Labute approximate surface area is 150 Å². The lowest BCUT2D eigenvalue weighted by molar-refractivity contribution is -0.131. The average molecular weight is 345 g/mol. The highest BCUT2D eigenvalue weighted by Crippen LogP contribution is 2.33. The van der Waals surface area contributed by atoms with Crippen LogP contribution >= 0.6 is 0 Å². The van der Waals surface area contributed by atoms with Crippen molar-refractivity contribution in [1.82, 2.24) is 10.5 Å². The predicted octanol–water partition coefficient (Wildman–Crippen LogP) is 3.17. The van der Waals surface area contributed by atoms with Gasteiger partial charge in [0.2, 0.25) is 5.88 Å². The van der Waals surface area contributed by atoms with Gasteiger partial charge in [-0.25, -0.2) is 10.5 Å². The van der Waals surface area contributed by atoms with E-state index >= 15 is 0 Å². The molecular weight excluding hydrogens is 330 g/mol. The van der Waals surface area contributed by atoms with E-state index in [0.717, 1.165) is 11.1 Å². The van der Waals surface area contributed by atoms with E-state index in [0.29, 0.717) is 11.3 Å². The summed E-state index contributed by atoms with van der Waals surface area (Å²) in [4.78, 5) is 15.7. The Bertz CT molecular complexity index is 951. The van der Waals surface area contributed by atoms with Crippen LogP contribution in [0.4, 0.5) is 0 Å². The lowest BCUT2D eigenvalue weighted by Gasteiger charge is -2.13. The van der Waals surface area contributed by atoms with Crippen LogP contribution < -0.4 is 10.2 Å². The largest absolute Gasteiger partial charge is 0.467 e. The third-order valence-electron chi connectivity index (χ3n) is 3.72. The highest BCUT2D eigenvalue weighted by atomic mass is 16.5. The van der Waals surface area contributed by atoms with Crippen LogP contribution in [-0.4, -0.2) is 22.7 Å². The monoisotopic (exact) mass is 345 g/mol. The van der Waals surface area contributed by atoms with Crippen LogP contribution in [-0.2, 0) is 4.79 Å². The van der Waals surface area contributed by atoms with Crippen LogP contribution in [0.25, 0.3) is 22.4 Å². The van der Waals surface area contributed by atoms with Crippen LogP contribution in [0.3, 0.4) is 0 Å². The highest BCUT2D eigenvalue weighted by Gasteiger charge is 2.17. The van der Waals surface area contributed by atoms with Gasteiger partial charge in [0.25, 0.3) is 5.91 Å². The molecule has 26 heavy (non-hydrogen) atoms. The quantitative estimate of drug-likeness (QED) is 0.547. The number of benzene rings is 2. The molecule has 0 radical (unpaired) electrons. The van der Waals surface area contributed by atoms with E-state index in [1.807, 2.05) is 66.7 Å². The minimum Gasteiger partial charge on any atom is -0.467 e. The molecule has 6 heteroatoms. The van der Waals surface area contributed by atoms with Crippen molar-refractivity contribution in [2.45, 2.75) is 0 Å². The number of aromatic nitrogens is 1. The Morgan fingerprint density at radius 2 is 1.69 bits per heavy atom. The van der Waals surface area contributed by atoms with Crippen molar-refractivity contribution in [3.8, 4) is 34.3 Å². The van der Waals surface area contributed by atoms with Crippen molar-refractivity contribution in [3.05, 3.63) is 72.3 Å². The summed E-state index contributed by atoms with van der Waals surface area (Å²) >= 11 is 0. The van der Waals surface area contributed by atoms with Crippen molar-refractivity contribution >= 4 is 5.91 Å². The van der Waals surface area contributed by atoms with Gasteiger partial charge in [0.1, 0.15) is 11.6 Å². The number of amides is 1. The first kappa shape index (κ1) is 17.1. The normalized spacial score (nSPS) is 10.0. The van der Waals surface area contributed by atoms with Crippen molar-refractivity contribution in [1.29, 1.82) is 5.26 Å². The molecule has 0 aliphatic carbocycles. The van der Waals surface area contributed by atoms with Gasteiger partial charge in [0, 0.05) is 11.1 Å². The van der Waals surface area contributed by atoms with Crippen molar-refractivity contribution in [2.24, 2.45) is 0 Å². The standard InChI is InChI=1S/C20H15N3O3/c21-12-17-16(14-7-3-1-4-8-14)11-18(15-9-5-2-6-10-15)22-20(17)26-13-19(24)23-25/h1-11,25H,13H2,(H,23,24). The summed E-state index contributed by atoms with van der Waals surface area (Å²) in [6.07, 6.45) is 0. The number of hydroxylamine groups is 1. The molecule has 1 aromatic heterocycles. The number of pyridine rings is 1. The molecule has 0 spiro atoms. The molecule has 0 saturated heterocycles. The van der Waals surface area contributed by atoms with Gasteiger partial charge in [-0.15, -0.1) is 0 Å². The lowest BCUT2D eigenvalue weighted by Crippen LogP contribution is -2.26. The van der Waals surface area contributed by atoms with Gasteiger partial charge >= 0.3 is 0 Å². The van der Waals surface area contributed by atoms with Gasteiger partial charge < -0.3 is 4.74 Å². The number of nitrogens with one attached hydrogen (secondary N) is 1. The number of nitrogens with zero attached hydrogens (tertiary/aromatic N) is 2. The summed E-state index contributed by atoms with van der Waals surface area (Å²) in [5.74, 6) is -0.696. The molecule has 6 nitrogen and oxygen atoms in total. The summed E-state index contributed by atoms with van der Waals surface area (Å²) in [6, 6.07) is 22.8. The molecule has 1 amide bonds. The number of nitriles is 1. The fourth-order valence-electron chi connectivity index (χ4n) is 2.50. The number of hydrogen-bond donors (Lipinski definition) is 2. The first-order chi connectivity index (χ1) is 12.7. The van der Waals surface area contributed by atoms with E-state index in [1.165, 1.54) is 5.48 Å². The van der Waals surface area contributed by atoms with Crippen LogP contribution in [0.2, 0.25) is 0 Å². The zero-order valence-electron chi connectivity index (χ0n) is 13.7. The molecular formula is C20H15N3O3. The minimum atomic E-state index is -0.734. The van der Waals surface area contributed by atoms with E-state index in [1.54, 1.807) is 0 Å². The Morgan fingerprint density at radius 1 is 1.08 bits per heavy atom. The number of rotatable bonds is 5. The molecule has 0 saturated carbocycles. The number of ether oxygens (including phenoxy) is 1. The summed E-state index contributed by atoms with van der Waals surface area (Å²) in [5, 5.41) is 18.3. The SMILES string of the molecule is N#Cc1c(-c2ccccc2)cc(-c2ccccc2)nc1OCC(=O)NO. The molecule has 0 fully saturated rings. The minimum absolute atomic E-state index is 0.0382. The Morgan fingerprint density at radius 3 is 2.27 bits per heavy atom. The van der Waals surface area contributed by atoms with Gasteiger partial charge in [0.05, 0.1) is 5.69 Å². The molecule has 128 valence electrons. The van der Waals surface area contributed by atoms with Gasteiger partial charge in [-0.1, -0.05) is 60.7 Å². The second-order valence-electron chi connectivity index (χ2n) is 5.40. The van der Waals surface area contributed by atoms with E-state index < -0.39 is 12.5 Å². The maximum Gasteiger partial charge on any atom is 0.281 e. The second kappa shape index (κ2) is 7.92. The molecule has 2 N–H and O–H groups in total. The van der Waals surface area contributed by atoms with Crippen LogP contribution in [0.5, 0.6) is 5.88 Å². The number of carbonyl (C=O) groups excluding carboxylic acids is 1. The topological polar surface area (TPSA) is 95.2 Å². The Hall–Kier alpha value is -3.69. The van der Waals surface area contributed by atoms with E-state index in [4.69, 9.17) is 9.94 Å². The molecule has 0 bridgehead atoms. The van der Waals surface area contributed by atoms with E-state index in [-0.39, 0.29) is 11.4 Å². The fraction of sp³-hybridized carbons (Fsp3) is 0.0500. The van der Waals surface area contributed by atoms with Crippen molar-refractivity contribution in [3.63, 3.8) is 0 Å². The molecule has 1 heterocycles. The van der Waals surface area contributed by atoms with Crippen LogP contribution in [0.15, 0.2) is 66.7 Å². The maximum absolute atomic E-state index is 11.3. The average Bonchev–Trinajstić information content (AvgIpc) is 2.72. The van der Waals surface area contributed by atoms with E-state index in [9.17, 15) is 10.1 Å². The zero-order valence-corrected chi connectivity index (χ0v) is 13.7. The summed E-state index contributed by atoms with van der Waals surface area (Å²) < 4.78 is 5.40. The smallest absolute Gasteiger partial charge is 0.281 e. The van der Waals surface area contributed by atoms with Gasteiger partial charge in [-0.05, 0) is 11.6 Å². The number of hydrogen-bond acceptors (Lipinski definition) is 5. The third-order valence-corrected chi connectivity index (χ3v) is 3.72. The molecule has 0 unspecified atom stereocenters. The molecule has 0 atom stereocenters.